The molecular formula is C20H19Cl2N3O3S. The molecule has 9 heteroatoms. The topological polar surface area (TPSA) is 73.3 Å². The molecule has 6 nitrogen and oxygen atoms in total. The Balaban J connectivity index is 1.41. The van der Waals surface area contributed by atoms with Gasteiger partial charge in [-0.3, -0.25) is 4.79 Å². The molecule has 0 saturated heterocycles. The fraction of sp³-hybridized carbons (Fsp3) is 0.250. The lowest BCUT2D eigenvalue weighted by Gasteiger charge is -2.07. The first-order valence-corrected chi connectivity index (χ1v) is 10.4. The largest absolute Gasteiger partial charge is 0.497 e. The number of benzene rings is 2. The minimum absolute atomic E-state index is 0.136. The van der Waals surface area contributed by atoms with Crippen molar-refractivity contribution >= 4 is 45.6 Å². The molecule has 0 radical (unpaired) electrons. The van der Waals surface area contributed by atoms with E-state index in [9.17, 15) is 4.79 Å². The van der Waals surface area contributed by atoms with Gasteiger partial charge >= 0.3 is 0 Å². The van der Waals surface area contributed by atoms with E-state index in [4.69, 9.17) is 32.7 Å². The summed E-state index contributed by atoms with van der Waals surface area (Å²) in [5.41, 5.74) is 1.10. The Kier molecular flexibility index (Phi) is 7.69. The molecule has 1 amide bonds. The zero-order valence-corrected chi connectivity index (χ0v) is 18.0. The normalized spacial score (nSPS) is 10.6. The summed E-state index contributed by atoms with van der Waals surface area (Å²) in [6.07, 6.45) is 1.49. The van der Waals surface area contributed by atoms with Crippen molar-refractivity contribution in [1.82, 2.24) is 10.2 Å². The molecule has 0 aliphatic rings. The molecular weight excluding hydrogens is 433 g/mol. The quantitative estimate of drug-likeness (QED) is 0.450. The van der Waals surface area contributed by atoms with Gasteiger partial charge in [0.25, 0.3) is 0 Å². The van der Waals surface area contributed by atoms with Crippen molar-refractivity contribution in [3.05, 3.63) is 63.1 Å². The number of amides is 1. The first kappa shape index (κ1) is 21.4. The third kappa shape index (κ3) is 6.59. The van der Waals surface area contributed by atoms with Crippen molar-refractivity contribution in [3.8, 4) is 11.5 Å². The minimum atomic E-state index is -0.136. The van der Waals surface area contributed by atoms with Crippen molar-refractivity contribution in [3.63, 3.8) is 0 Å². The first-order chi connectivity index (χ1) is 14.0. The van der Waals surface area contributed by atoms with Gasteiger partial charge in [-0.25, -0.2) is 0 Å². The number of nitrogens with one attached hydrogen (secondary N) is 1. The molecule has 0 fully saturated rings. The maximum Gasteiger partial charge on any atom is 0.226 e. The van der Waals surface area contributed by atoms with E-state index in [1.165, 1.54) is 11.3 Å². The van der Waals surface area contributed by atoms with Crippen LogP contribution in [-0.2, 0) is 11.2 Å². The Morgan fingerprint density at radius 3 is 2.66 bits per heavy atom. The lowest BCUT2D eigenvalue weighted by atomic mass is 10.1. The van der Waals surface area contributed by atoms with Crippen LogP contribution in [0.15, 0.2) is 42.5 Å². The summed E-state index contributed by atoms with van der Waals surface area (Å²) in [4.78, 5) is 12.1. The summed E-state index contributed by atoms with van der Waals surface area (Å²) >= 11 is 13.3. The molecule has 3 rings (SSSR count). The smallest absolute Gasteiger partial charge is 0.226 e. The van der Waals surface area contributed by atoms with Gasteiger partial charge in [0, 0.05) is 17.9 Å². The number of hydrogen-bond acceptors (Lipinski definition) is 6. The van der Waals surface area contributed by atoms with Crippen LogP contribution in [0.3, 0.4) is 0 Å². The Bertz CT molecular complexity index is 964. The van der Waals surface area contributed by atoms with E-state index in [0.29, 0.717) is 46.8 Å². The van der Waals surface area contributed by atoms with Gasteiger partial charge < -0.3 is 14.8 Å². The molecule has 1 N–H and O–H groups in total. The molecule has 0 bridgehead atoms. The molecule has 0 aliphatic carbocycles. The summed E-state index contributed by atoms with van der Waals surface area (Å²) in [6, 6.07) is 12.8. The number of carbonyl (C=O) groups is 1. The SMILES string of the molecule is COc1ccc(Cc2nnc(NC(=O)CCCOc3ccc(Cl)cc3Cl)s2)cc1. The van der Waals surface area contributed by atoms with Crippen LogP contribution in [0.4, 0.5) is 5.13 Å². The number of anilines is 1. The number of halogens is 2. The average molecular weight is 452 g/mol. The van der Waals surface area contributed by atoms with Crippen LogP contribution >= 0.6 is 34.5 Å². The van der Waals surface area contributed by atoms with Crippen LogP contribution in [0.25, 0.3) is 0 Å². The Morgan fingerprint density at radius 1 is 1.14 bits per heavy atom. The Hall–Kier alpha value is -2.35. The molecule has 1 aromatic heterocycles. The molecule has 0 aliphatic heterocycles. The molecule has 3 aromatic rings. The van der Waals surface area contributed by atoms with Crippen LogP contribution in [0.5, 0.6) is 11.5 Å². The summed E-state index contributed by atoms with van der Waals surface area (Å²) in [5, 5.41) is 13.2. The number of methoxy groups -OCH3 is 1. The van der Waals surface area contributed by atoms with E-state index < -0.39 is 0 Å². The van der Waals surface area contributed by atoms with Crippen LogP contribution in [0, 0.1) is 0 Å². The molecule has 0 unspecified atom stereocenters. The van der Waals surface area contributed by atoms with Crippen molar-refractivity contribution in [2.24, 2.45) is 0 Å². The van der Waals surface area contributed by atoms with E-state index in [1.807, 2.05) is 24.3 Å². The zero-order valence-electron chi connectivity index (χ0n) is 15.7. The van der Waals surface area contributed by atoms with Gasteiger partial charge in [-0.05, 0) is 42.3 Å². The van der Waals surface area contributed by atoms with Crippen molar-refractivity contribution in [2.45, 2.75) is 19.3 Å². The first-order valence-electron chi connectivity index (χ1n) is 8.86. The molecule has 0 atom stereocenters. The van der Waals surface area contributed by atoms with Gasteiger partial charge in [-0.1, -0.05) is 46.7 Å². The number of rotatable bonds is 9. The second-order valence-corrected chi connectivity index (χ2v) is 8.01. The van der Waals surface area contributed by atoms with Crippen molar-refractivity contribution < 1.29 is 14.3 Å². The third-order valence-corrected chi connectivity index (χ3v) is 5.30. The van der Waals surface area contributed by atoms with Crippen LogP contribution in [0.2, 0.25) is 10.0 Å². The van der Waals surface area contributed by atoms with E-state index >= 15 is 0 Å². The fourth-order valence-electron chi connectivity index (χ4n) is 2.48. The van der Waals surface area contributed by atoms with Gasteiger partial charge in [-0.2, -0.15) is 0 Å². The summed E-state index contributed by atoms with van der Waals surface area (Å²) < 4.78 is 10.7. The van der Waals surface area contributed by atoms with Crippen molar-refractivity contribution in [2.75, 3.05) is 19.0 Å². The van der Waals surface area contributed by atoms with Gasteiger partial charge in [0.05, 0.1) is 18.7 Å². The highest BCUT2D eigenvalue weighted by molar-refractivity contribution is 7.15. The van der Waals surface area contributed by atoms with Gasteiger partial charge in [0.1, 0.15) is 16.5 Å². The number of hydrogen-bond donors (Lipinski definition) is 1. The lowest BCUT2D eigenvalue weighted by Crippen LogP contribution is -2.12. The second-order valence-electron chi connectivity index (χ2n) is 6.10. The molecule has 1 heterocycles. The number of carbonyl (C=O) groups excluding carboxylic acids is 1. The monoisotopic (exact) mass is 451 g/mol. The average Bonchev–Trinajstić information content (AvgIpc) is 3.14. The molecule has 29 heavy (non-hydrogen) atoms. The molecule has 0 spiro atoms. The highest BCUT2D eigenvalue weighted by atomic mass is 35.5. The van der Waals surface area contributed by atoms with E-state index in [-0.39, 0.29) is 5.91 Å². The Morgan fingerprint density at radius 2 is 1.93 bits per heavy atom. The molecule has 2 aromatic carbocycles. The zero-order chi connectivity index (χ0) is 20.6. The maximum absolute atomic E-state index is 12.1. The van der Waals surface area contributed by atoms with Gasteiger partial charge in [-0.15, -0.1) is 10.2 Å². The summed E-state index contributed by atoms with van der Waals surface area (Å²) in [7, 11) is 1.63. The second kappa shape index (κ2) is 10.4. The maximum atomic E-state index is 12.1. The molecule has 152 valence electrons. The molecule has 0 saturated carbocycles. The van der Waals surface area contributed by atoms with Gasteiger partial charge in [0.2, 0.25) is 11.0 Å². The highest BCUT2D eigenvalue weighted by Gasteiger charge is 2.09. The van der Waals surface area contributed by atoms with Crippen molar-refractivity contribution in [1.29, 1.82) is 0 Å². The summed E-state index contributed by atoms with van der Waals surface area (Å²) in [6.45, 7) is 0.369. The minimum Gasteiger partial charge on any atom is -0.497 e. The standard InChI is InChI=1S/C20H19Cl2N3O3S/c1-27-15-7-4-13(5-8-15)11-19-24-25-20(29-19)23-18(26)3-2-10-28-17-9-6-14(21)12-16(17)22/h4-9,12H,2-3,10-11H2,1H3,(H,23,25,26). The third-order valence-electron chi connectivity index (χ3n) is 3.93. The van der Waals surface area contributed by atoms with E-state index in [0.717, 1.165) is 16.3 Å². The van der Waals surface area contributed by atoms with E-state index in [1.54, 1.807) is 25.3 Å². The fourth-order valence-corrected chi connectivity index (χ4v) is 3.74. The van der Waals surface area contributed by atoms with Gasteiger partial charge in [0.15, 0.2) is 0 Å². The highest BCUT2D eigenvalue weighted by Crippen LogP contribution is 2.27. The summed E-state index contributed by atoms with van der Waals surface area (Å²) in [5.74, 6) is 1.22. The van der Waals surface area contributed by atoms with Crippen LogP contribution < -0.4 is 14.8 Å². The van der Waals surface area contributed by atoms with Crippen LogP contribution in [0.1, 0.15) is 23.4 Å². The number of nitrogens with zero attached hydrogens (tertiary/aromatic N) is 2. The predicted molar refractivity (Wildman–Crippen MR) is 116 cm³/mol. The Labute approximate surface area is 182 Å². The number of aromatic nitrogens is 2. The van der Waals surface area contributed by atoms with Crippen LogP contribution in [-0.4, -0.2) is 29.8 Å². The predicted octanol–water partition coefficient (Wildman–Crippen LogP) is 5.24. The number of ether oxygens (including phenoxy) is 2. The lowest BCUT2D eigenvalue weighted by molar-refractivity contribution is -0.116. The van der Waals surface area contributed by atoms with E-state index in [2.05, 4.69) is 15.5 Å².